The molecule has 0 N–H and O–H groups in total. The normalized spacial score (nSPS) is 15.5. The molecule has 0 atom stereocenters. The summed E-state index contributed by atoms with van der Waals surface area (Å²) in [5.41, 5.74) is 3.02. The van der Waals surface area contributed by atoms with Crippen molar-refractivity contribution in [3.05, 3.63) is 34.3 Å². The van der Waals surface area contributed by atoms with Gasteiger partial charge >= 0.3 is 0 Å². The number of benzene rings is 1. The van der Waals surface area contributed by atoms with Crippen LogP contribution in [0.15, 0.2) is 28.7 Å². The molecule has 19 heavy (non-hydrogen) atoms. The van der Waals surface area contributed by atoms with Gasteiger partial charge in [-0.1, -0.05) is 7.43 Å². The average molecular weight is 274 g/mol. The Balaban J connectivity index is 0.00000110. The first-order valence-corrected chi connectivity index (χ1v) is 6.72. The highest BCUT2D eigenvalue weighted by molar-refractivity contribution is 7.12. The molecule has 1 aromatic carbocycles. The number of hydrogen-bond acceptors (Lipinski definition) is 5. The fourth-order valence-corrected chi connectivity index (χ4v) is 2.75. The second-order valence-electron chi connectivity index (χ2n) is 4.16. The highest BCUT2D eigenvalue weighted by Gasteiger charge is 2.26. The molecule has 3 heterocycles. The van der Waals surface area contributed by atoms with E-state index in [2.05, 4.69) is 9.98 Å². The summed E-state index contributed by atoms with van der Waals surface area (Å²) in [6.45, 7) is 1.41. The minimum absolute atomic E-state index is 0. The molecule has 0 radical (unpaired) electrons. The number of thiazole rings is 1. The van der Waals surface area contributed by atoms with Crippen LogP contribution in [0.2, 0.25) is 0 Å². The molecular formula is C14H14N2O2S. The predicted octanol–water partition coefficient (Wildman–Crippen LogP) is 3.42. The van der Waals surface area contributed by atoms with Gasteiger partial charge in [0.15, 0.2) is 11.5 Å². The van der Waals surface area contributed by atoms with Crippen molar-refractivity contribution in [3.63, 3.8) is 0 Å². The number of aromatic nitrogens is 1. The average Bonchev–Trinajstić information content (AvgIpc) is 2.77. The zero-order valence-electron chi connectivity index (χ0n) is 9.55. The van der Waals surface area contributed by atoms with Crippen LogP contribution < -0.4 is 9.47 Å². The second kappa shape index (κ2) is 4.66. The van der Waals surface area contributed by atoms with Gasteiger partial charge in [0.25, 0.3) is 0 Å². The SMILES string of the molecule is C.c1csc(C2=Nc3cc4c(cc32)OCCCO4)n1. The Bertz CT molecular complexity index is 635. The zero-order valence-corrected chi connectivity index (χ0v) is 10.4. The van der Waals surface area contributed by atoms with E-state index in [-0.39, 0.29) is 7.43 Å². The van der Waals surface area contributed by atoms with Crippen molar-refractivity contribution in [1.82, 2.24) is 4.98 Å². The van der Waals surface area contributed by atoms with Gasteiger partial charge in [-0.2, -0.15) is 0 Å². The predicted molar refractivity (Wildman–Crippen MR) is 76.2 cm³/mol. The molecule has 0 spiro atoms. The third kappa shape index (κ3) is 1.90. The lowest BCUT2D eigenvalue weighted by Gasteiger charge is -2.19. The summed E-state index contributed by atoms with van der Waals surface area (Å²) in [4.78, 5) is 8.78. The first-order valence-electron chi connectivity index (χ1n) is 5.84. The van der Waals surface area contributed by atoms with Crippen molar-refractivity contribution < 1.29 is 9.47 Å². The largest absolute Gasteiger partial charge is 0.490 e. The minimum atomic E-state index is 0. The van der Waals surface area contributed by atoms with Crippen LogP contribution in [0, 0.1) is 0 Å². The molecule has 0 amide bonds. The van der Waals surface area contributed by atoms with E-state index in [9.17, 15) is 0 Å². The van der Waals surface area contributed by atoms with E-state index < -0.39 is 0 Å². The molecule has 0 fully saturated rings. The maximum atomic E-state index is 5.69. The van der Waals surface area contributed by atoms with Gasteiger partial charge in [-0.3, -0.25) is 0 Å². The molecule has 0 saturated carbocycles. The molecule has 0 unspecified atom stereocenters. The summed E-state index contributed by atoms with van der Waals surface area (Å²) in [6, 6.07) is 3.97. The molecule has 98 valence electrons. The van der Waals surface area contributed by atoms with Gasteiger partial charge in [-0.25, -0.2) is 9.98 Å². The quantitative estimate of drug-likeness (QED) is 0.683. The van der Waals surface area contributed by atoms with Crippen molar-refractivity contribution in [2.45, 2.75) is 13.8 Å². The van der Waals surface area contributed by atoms with Crippen molar-refractivity contribution >= 4 is 22.7 Å². The van der Waals surface area contributed by atoms with Crippen molar-refractivity contribution in [2.24, 2.45) is 4.99 Å². The topological polar surface area (TPSA) is 43.7 Å². The summed E-state index contributed by atoms with van der Waals surface area (Å²) in [5, 5.41) is 2.91. The summed E-state index contributed by atoms with van der Waals surface area (Å²) in [6.07, 6.45) is 2.71. The first kappa shape index (κ1) is 12.2. The van der Waals surface area contributed by atoms with Gasteiger partial charge in [0.05, 0.1) is 18.9 Å². The van der Waals surface area contributed by atoms with Crippen LogP contribution in [0.25, 0.3) is 0 Å². The Morgan fingerprint density at radius 3 is 2.63 bits per heavy atom. The molecule has 2 aliphatic rings. The van der Waals surface area contributed by atoms with Crippen LogP contribution in [0.1, 0.15) is 24.4 Å². The van der Waals surface area contributed by atoms with E-state index in [1.54, 1.807) is 17.5 Å². The number of nitrogens with zero attached hydrogens (tertiary/aromatic N) is 2. The van der Waals surface area contributed by atoms with E-state index in [1.165, 1.54) is 0 Å². The molecule has 2 aliphatic heterocycles. The summed E-state index contributed by atoms with van der Waals surface area (Å²) in [5.74, 6) is 1.61. The summed E-state index contributed by atoms with van der Waals surface area (Å²) in [7, 11) is 0. The van der Waals surface area contributed by atoms with Gasteiger partial charge in [0, 0.05) is 29.6 Å². The molecule has 4 nitrogen and oxygen atoms in total. The fourth-order valence-electron chi connectivity index (χ4n) is 2.11. The Morgan fingerprint density at radius 1 is 1.11 bits per heavy atom. The standard InChI is InChI=1S/C13H10N2O2S.CH4/c1-3-16-10-6-8-9(7-11(10)17-4-1)15-12(8)13-14-2-5-18-13;/h2,5-7H,1,3-4H2;1H4. The van der Waals surface area contributed by atoms with Crippen molar-refractivity contribution in [2.75, 3.05) is 13.2 Å². The van der Waals surface area contributed by atoms with Gasteiger partial charge in [-0.05, 0) is 6.07 Å². The van der Waals surface area contributed by atoms with Crippen LogP contribution in [0.5, 0.6) is 11.5 Å². The Morgan fingerprint density at radius 2 is 1.89 bits per heavy atom. The molecule has 4 rings (SSSR count). The summed E-state index contributed by atoms with van der Waals surface area (Å²) >= 11 is 1.60. The van der Waals surface area contributed by atoms with Crippen LogP contribution >= 0.6 is 11.3 Å². The molecule has 0 bridgehead atoms. The monoisotopic (exact) mass is 274 g/mol. The van der Waals surface area contributed by atoms with Crippen LogP contribution in [0.3, 0.4) is 0 Å². The Kier molecular flexibility index (Phi) is 2.98. The third-order valence-corrected chi connectivity index (χ3v) is 3.77. The minimum Gasteiger partial charge on any atom is -0.490 e. The van der Waals surface area contributed by atoms with Gasteiger partial charge in [-0.15, -0.1) is 11.3 Å². The van der Waals surface area contributed by atoms with Gasteiger partial charge in [0.2, 0.25) is 0 Å². The Labute approximate surface area is 115 Å². The van der Waals surface area contributed by atoms with Gasteiger partial charge < -0.3 is 9.47 Å². The summed E-state index contributed by atoms with van der Waals surface area (Å²) < 4.78 is 11.3. The lowest BCUT2D eigenvalue weighted by atomic mass is 10.0. The lowest BCUT2D eigenvalue weighted by Crippen LogP contribution is -2.11. The molecule has 0 saturated heterocycles. The van der Waals surface area contributed by atoms with Crippen molar-refractivity contribution in [3.8, 4) is 11.5 Å². The number of aliphatic imine (C=N–C) groups is 1. The van der Waals surface area contributed by atoms with Crippen LogP contribution in [-0.2, 0) is 0 Å². The highest BCUT2D eigenvalue weighted by atomic mass is 32.1. The molecule has 5 heteroatoms. The van der Waals surface area contributed by atoms with E-state index in [0.29, 0.717) is 13.2 Å². The van der Waals surface area contributed by atoms with E-state index in [0.717, 1.165) is 39.9 Å². The second-order valence-corrected chi connectivity index (χ2v) is 5.06. The molecule has 1 aromatic heterocycles. The van der Waals surface area contributed by atoms with E-state index in [4.69, 9.17) is 9.47 Å². The maximum Gasteiger partial charge on any atom is 0.163 e. The smallest absolute Gasteiger partial charge is 0.163 e. The highest BCUT2D eigenvalue weighted by Crippen LogP contribution is 2.42. The van der Waals surface area contributed by atoms with Crippen LogP contribution in [-0.4, -0.2) is 23.9 Å². The molecule has 0 aliphatic carbocycles. The van der Waals surface area contributed by atoms with Gasteiger partial charge in [0.1, 0.15) is 10.7 Å². The number of hydrogen-bond donors (Lipinski definition) is 0. The number of ether oxygens (including phenoxy) is 2. The Hall–Kier alpha value is -1.88. The third-order valence-electron chi connectivity index (χ3n) is 2.99. The molecule has 2 aromatic rings. The fraction of sp³-hybridized carbons (Fsp3) is 0.286. The van der Waals surface area contributed by atoms with Crippen molar-refractivity contribution in [1.29, 1.82) is 0 Å². The van der Waals surface area contributed by atoms with E-state index >= 15 is 0 Å². The zero-order chi connectivity index (χ0) is 11.9. The number of fused-ring (bicyclic) bond motifs is 2. The lowest BCUT2D eigenvalue weighted by molar-refractivity contribution is 0.297. The maximum absolute atomic E-state index is 5.69. The molecular weight excluding hydrogens is 260 g/mol. The van der Waals surface area contributed by atoms with Crippen LogP contribution in [0.4, 0.5) is 5.69 Å². The number of rotatable bonds is 1. The first-order chi connectivity index (χ1) is 8.92. The van der Waals surface area contributed by atoms with E-state index in [1.807, 2.05) is 17.5 Å².